The van der Waals surface area contributed by atoms with Crippen molar-refractivity contribution in [3.8, 4) is 0 Å². The molecule has 4 rings (SSSR count). The smallest absolute Gasteiger partial charge is 0.309 e. The number of carbonyl (C=O) groups is 2. The summed E-state index contributed by atoms with van der Waals surface area (Å²) in [5.74, 6) is -3.43. The first kappa shape index (κ1) is 18.0. The van der Waals surface area contributed by atoms with E-state index in [1.165, 1.54) is 0 Å². The molecule has 0 unspecified atom stereocenters. The fourth-order valence-electron chi connectivity index (χ4n) is 7.83. The lowest BCUT2D eigenvalue weighted by Gasteiger charge is -2.51. The third-order valence-corrected chi connectivity index (χ3v) is 8.77. The zero-order chi connectivity index (χ0) is 19.3. The Morgan fingerprint density at radius 3 is 2.42 bits per heavy atom. The van der Waals surface area contributed by atoms with E-state index < -0.39 is 51.7 Å². The lowest BCUT2D eigenvalue weighted by Crippen LogP contribution is -2.52. The molecule has 1 spiro atoms. The highest BCUT2D eigenvalue weighted by Gasteiger charge is 2.78. The Kier molecular flexibility index (Phi) is 3.39. The first-order valence-electron chi connectivity index (χ1n) is 9.48. The highest BCUT2D eigenvalue weighted by Crippen LogP contribution is 2.78. The lowest BCUT2D eigenvalue weighted by atomic mass is 9.53. The van der Waals surface area contributed by atoms with Crippen LogP contribution in [0.5, 0.6) is 0 Å². The lowest BCUT2D eigenvalue weighted by molar-refractivity contribution is -0.166. The number of aliphatic carboxylic acids is 2. The number of carboxylic acid groups (broad SMARTS) is 2. The largest absolute Gasteiger partial charge is 0.481 e. The summed E-state index contributed by atoms with van der Waals surface area (Å²) in [6, 6.07) is 0. The maximum Gasteiger partial charge on any atom is 0.309 e. The van der Waals surface area contributed by atoms with Crippen molar-refractivity contribution in [1.82, 2.24) is 0 Å². The second-order valence-corrected chi connectivity index (χ2v) is 9.79. The molecule has 4 fully saturated rings. The molecule has 144 valence electrons. The van der Waals surface area contributed by atoms with Crippen LogP contribution in [-0.4, -0.2) is 44.1 Å². The summed E-state index contributed by atoms with van der Waals surface area (Å²) in [6.07, 6.45) is 1.81. The third-order valence-electron chi connectivity index (χ3n) is 8.77. The van der Waals surface area contributed by atoms with Crippen LogP contribution < -0.4 is 0 Å². The zero-order valence-corrected chi connectivity index (χ0v) is 15.4. The van der Waals surface area contributed by atoms with Crippen LogP contribution in [0.15, 0.2) is 12.2 Å². The van der Waals surface area contributed by atoms with Crippen molar-refractivity contribution >= 4 is 11.9 Å². The molecule has 4 aliphatic carbocycles. The van der Waals surface area contributed by atoms with Gasteiger partial charge in [-0.25, -0.2) is 0 Å². The fraction of sp³-hybridized carbons (Fsp3) is 0.800. The van der Waals surface area contributed by atoms with E-state index in [0.29, 0.717) is 24.8 Å². The van der Waals surface area contributed by atoms with E-state index >= 15 is 0 Å². The predicted octanol–water partition coefficient (Wildman–Crippen LogP) is 2.05. The average molecular weight is 364 g/mol. The van der Waals surface area contributed by atoms with Gasteiger partial charge in [0.2, 0.25) is 0 Å². The maximum atomic E-state index is 12.5. The number of fused-ring (bicyclic) bond motifs is 3. The number of aliphatic hydroxyl groups is 2. The Labute approximate surface area is 152 Å². The van der Waals surface area contributed by atoms with Gasteiger partial charge in [0.1, 0.15) is 5.60 Å². The minimum atomic E-state index is -1.45. The van der Waals surface area contributed by atoms with Crippen LogP contribution in [0.4, 0.5) is 0 Å². The number of hydrogen-bond donors (Lipinski definition) is 4. The molecule has 0 aromatic rings. The molecule has 0 heterocycles. The average Bonchev–Trinajstić information content (AvgIpc) is 2.89. The molecule has 4 aliphatic rings. The van der Waals surface area contributed by atoms with Crippen LogP contribution in [-0.2, 0) is 9.59 Å². The highest BCUT2D eigenvalue weighted by molar-refractivity contribution is 5.79. The fourth-order valence-corrected chi connectivity index (χ4v) is 7.83. The Morgan fingerprint density at radius 2 is 1.85 bits per heavy atom. The number of hydrogen-bond acceptors (Lipinski definition) is 4. The molecular formula is C20H28O6. The first-order chi connectivity index (χ1) is 11.9. The molecule has 4 saturated carbocycles. The zero-order valence-electron chi connectivity index (χ0n) is 15.4. The second-order valence-electron chi connectivity index (χ2n) is 9.79. The van der Waals surface area contributed by atoms with Gasteiger partial charge in [0, 0.05) is 0 Å². The van der Waals surface area contributed by atoms with Crippen molar-refractivity contribution in [3.05, 3.63) is 12.2 Å². The molecule has 6 nitrogen and oxygen atoms in total. The van der Waals surface area contributed by atoms with Crippen LogP contribution in [0.3, 0.4) is 0 Å². The van der Waals surface area contributed by atoms with E-state index in [0.717, 1.165) is 12.8 Å². The highest BCUT2D eigenvalue weighted by atomic mass is 16.4. The molecule has 0 aromatic heterocycles. The topological polar surface area (TPSA) is 115 Å². The van der Waals surface area contributed by atoms with Gasteiger partial charge in [0.25, 0.3) is 0 Å². The van der Waals surface area contributed by atoms with Crippen LogP contribution in [0.25, 0.3) is 0 Å². The summed E-state index contributed by atoms with van der Waals surface area (Å²) in [5, 5.41) is 41.9. The minimum Gasteiger partial charge on any atom is -0.481 e. The summed E-state index contributed by atoms with van der Waals surface area (Å²) < 4.78 is 0. The molecule has 8 atom stereocenters. The van der Waals surface area contributed by atoms with E-state index in [1.807, 2.05) is 6.92 Å². The minimum absolute atomic E-state index is 0.130. The van der Waals surface area contributed by atoms with Gasteiger partial charge in [-0.1, -0.05) is 19.9 Å². The second kappa shape index (κ2) is 4.90. The van der Waals surface area contributed by atoms with Crippen molar-refractivity contribution in [1.29, 1.82) is 0 Å². The molecule has 0 saturated heterocycles. The quantitative estimate of drug-likeness (QED) is 0.558. The third kappa shape index (κ3) is 1.75. The number of carboxylic acids is 2. The molecule has 26 heavy (non-hydrogen) atoms. The van der Waals surface area contributed by atoms with Gasteiger partial charge < -0.3 is 20.4 Å². The Morgan fingerprint density at radius 1 is 1.19 bits per heavy atom. The SMILES string of the molecule is C=C1C[C@]23C[C@@]1(O)[C@@H](O)C[C@H]2[C@]1(C)CCC[C@@](C)(C(=O)O)[C@H]1[C@@H]3C(=O)O. The molecule has 4 N–H and O–H groups in total. The Balaban J connectivity index is 1.96. The van der Waals surface area contributed by atoms with E-state index in [1.54, 1.807) is 6.92 Å². The molecular weight excluding hydrogens is 336 g/mol. The summed E-state index contributed by atoms with van der Waals surface area (Å²) in [6.45, 7) is 7.67. The molecule has 2 bridgehead atoms. The molecule has 0 radical (unpaired) electrons. The first-order valence-corrected chi connectivity index (χ1v) is 9.48. The van der Waals surface area contributed by atoms with E-state index in [-0.39, 0.29) is 12.3 Å². The van der Waals surface area contributed by atoms with Gasteiger partial charge in [0.15, 0.2) is 0 Å². The molecule has 0 aromatic carbocycles. The monoisotopic (exact) mass is 364 g/mol. The Bertz CT molecular complexity index is 717. The van der Waals surface area contributed by atoms with Gasteiger partial charge in [-0.05, 0) is 67.3 Å². The van der Waals surface area contributed by atoms with E-state index in [9.17, 15) is 30.0 Å². The standard InChI is InChI=1S/C20H28O6/c1-10-8-19-9-20(10,26)12(21)7-11(19)17(2)5-4-6-18(3,16(24)25)14(17)13(19)15(22)23/h11-14,21,26H,1,4-9H2,2-3H3,(H,22,23)(H,24,25)/t11-,12-,13+,14-,17-,18+,19-,20-/m0/s1. The van der Waals surface area contributed by atoms with Crippen molar-refractivity contribution in [2.45, 2.75) is 64.1 Å². The predicted molar refractivity (Wildman–Crippen MR) is 92.2 cm³/mol. The van der Waals surface area contributed by atoms with E-state index in [4.69, 9.17) is 0 Å². The van der Waals surface area contributed by atoms with Crippen molar-refractivity contribution < 1.29 is 30.0 Å². The normalized spacial score (nSPS) is 55.3. The van der Waals surface area contributed by atoms with Crippen molar-refractivity contribution in [2.75, 3.05) is 0 Å². The molecule has 0 amide bonds. The summed E-state index contributed by atoms with van der Waals surface area (Å²) in [5.41, 5.74) is -3.28. The van der Waals surface area contributed by atoms with Crippen LogP contribution in [0, 0.1) is 34.0 Å². The number of rotatable bonds is 2. The van der Waals surface area contributed by atoms with Crippen LogP contribution in [0.2, 0.25) is 0 Å². The van der Waals surface area contributed by atoms with Gasteiger partial charge in [0.05, 0.1) is 17.4 Å². The van der Waals surface area contributed by atoms with Gasteiger partial charge in [-0.15, -0.1) is 0 Å². The summed E-state index contributed by atoms with van der Waals surface area (Å²) >= 11 is 0. The molecule has 0 aliphatic heterocycles. The van der Waals surface area contributed by atoms with Gasteiger partial charge in [-0.2, -0.15) is 0 Å². The van der Waals surface area contributed by atoms with Crippen molar-refractivity contribution in [2.24, 2.45) is 34.0 Å². The van der Waals surface area contributed by atoms with E-state index in [2.05, 4.69) is 6.58 Å². The van der Waals surface area contributed by atoms with Crippen LogP contribution in [0.1, 0.15) is 52.4 Å². The van der Waals surface area contributed by atoms with Crippen molar-refractivity contribution in [3.63, 3.8) is 0 Å². The number of aliphatic hydroxyl groups excluding tert-OH is 1. The van der Waals surface area contributed by atoms with Gasteiger partial charge >= 0.3 is 11.9 Å². The summed E-state index contributed by atoms with van der Waals surface area (Å²) in [7, 11) is 0. The Hall–Kier alpha value is -1.40. The van der Waals surface area contributed by atoms with Gasteiger partial charge in [-0.3, -0.25) is 9.59 Å². The molecule has 6 heteroatoms. The summed E-state index contributed by atoms with van der Waals surface area (Å²) in [4.78, 5) is 24.7. The van der Waals surface area contributed by atoms with Crippen LogP contribution >= 0.6 is 0 Å². The maximum absolute atomic E-state index is 12.5.